The van der Waals surface area contributed by atoms with Crippen molar-refractivity contribution in [3.05, 3.63) is 58.3 Å². The molecule has 0 radical (unpaired) electrons. The molecule has 7 heteroatoms. The van der Waals surface area contributed by atoms with Crippen LogP contribution in [0.4, 0.5) is 4.39 Å². The number of likely N-dealkylation sites (tertiary alicyclic amines) is 1. The van der Waals surface area contributed by atoms with Crippen molar-refractivity contribution < 1.29 is 13.9 Å². The monoisotopic (exact) mass is 404 g/mol. The molecule has 1 atom stereocenters. The molecule has 140 valence electrons. The molecule has 0 bridgehead atoms. The van der Waals surface area contributed by atoms with Crippen LogP contribution in [-0.2, 0) is 4.79 Å². The zero-order valence-corrected chi connectivity index (χ0v) is 16.1. The van der Waals surface area contributed by atoms with Crippen LogP contribution in [0.1, 0.15) is 23.8 Å². The number of amides is 1. The highest BCUT2D eigenvalue weighted by molar-refractivity contribution is 7.18. The van der Waals surface area contributed by atoms with E-state index >= 15 is 0 Å². The fourth-order valence-electron chi connectivity index (χ4n) is 3.27. The summed E-state index contributed by atoms with van der Waals surface area (Å²) in [6.45, 7) is 1.27. The Balaban J connectivity index is 1.39. The third kappa shape index (κ3) is 4.06. The molecular weight excluding hydrogens is 387 g/mol. The molecule has 1 saturated heterocycles. The topological polar surface area (TPSA) is 42.4 Å². The minimum atomic E-state index is -0.509. The highest BCUT2D eigenvalue weighted by Crippen LogP contribution is 2.33. The van der Waals surface area contributed by atoms with E-state index in [1.165, 1.54) is 22.9 Å². The predicted molar refractivity (Wildman–Crippen MR) is 105 cm³/mol. The first-order valence-electron chi connectivity index (χ1n) is 8.81. The maximum Gasteiger partial charge on any atom is 0.260 e. The first-order valence-corrected chi connectivity index (χ1v) is 10.0. The van der Waals surface area contributed by atoms with E-state index in [2.05, 4.69) is 6.07 Å². The summed E-state index contributed by atoms with van der Waals surface area (Å²) in [6.07, 6.45) is 1.97. The van der Waals surface area contributed by atoms with Crippen LogP contribution in [0.2, 0.25) is 5.02 Å². The molecule has 1 amide bonds. The van der Waals surface area contributed by atoms with Gasteiger partial charge in [0.25, 0.3) is 5.91 Å². The maximum atomic E-state index is 13.2. The molecule has 1 fully saturated rings. The van der Waals surface area contributed by atoms with Crippen molar-refractivity contribution in [2.75, 3.05) is 19.7 Å². The van der Waals surface area contributed by atoms with Gasteiger partial charge in [0, 0.05) is 25.1 Å². The van der Waals surface area contributed by atoms with E-state index in [-0.39, 0.29) is 23.5 Å². The minimum Gasteiger partial charge on any atom is -0.484 e. The van der Waals surface area contributed by atoms with Gasteiger partial charge in [0.15, 0.2) is 6.61 Å². The van der Waals surface area contributed by atoms with Crippen molar-refractivity contribution in [1.82, 2.24) is 9.88 Å². The largest absolute Gasteiger partial charge is 0.484 e. The van der Waals surface area contributed by atoms with Gasteiger partial charge >= 0.3 is 0 Å². The summed E-state index contributed by atoms with van der Waals surface area (Å²) >= 11 is 7.44. The molecule has 1 aliphatic heterocycles. The highest BCUT2D eigenvalue weighted by Gasteiger charge is 2.27. The second kappa shape index (κ2) is 7.82. The van der Waals surface area contributed by atoms with Crippen LogP contribution in [0.3, 0.4) is 0 Å². The van der Waals surface area contributed by atoms with Crippen molar-refractivity contribution >= 4 is 39.1 Å². The lowest BCUT2D eigenvalue weighted by Gasteiger charge is -2.31. The summed E-state index contributed by atoms with van der Waals surface area (Å²) in [5.41, 5.74) is 1.01. The summed E-state index contributed by atoms with van der Waals surface area (Å²) in [4.78, 5) is 19.1. The molecule has 3 aromatic rings. The van der Waals surface area contributed by atoms with Crippen LogP contribution in [0, 0.1) is 5.82 Å². The number of halogens is 2. The quantitative estimate of drug-likeness (QED) is 0.622. The molecule has 1 aromatic heterocycles. The number of nitrogens with zero attached hydrogens (tertiary/aromatic N) is 2. The Morgan fingerprint density at radius 2 is 2.19 bits per heavy atom. The van der Waals surface area contributed by atoms with E-state index in [1.54, 1.807) is 11.3 Å². The van der Waals surface area contributed by atoms with Gasteiger partial charge < -0.3 is 9.64 Å². The first kappa shape index (κ1) is 18.2. The van der Waals surface area contributed by atoms with Crippen LogP contribution in [0.15, 0.2) is 42.5 Å². The molecule has 1 aliphatic rings. The number of rotatable bonds is 4. The normalized spacial score (nSPS) is 17.3. The molecule has 0 N–H and O–H groups in total. The van der Waals surface area contributed by atoms with Gasteiger partial charge in [0.1, 0.15) is 11.6 Å². The summed E-state index contributed by atoms with van der Waals surface area (Å²) in [5, 5.41) is 1.06. The lowest BCUT2D eigenvalue weighted by Crippen LogP contribution is -2.41. The fourth-order valence-corrected chi connectivity index (χ4v) is 4.54. The average Bonchev–Trinajstić information content (AvgIpc) is 3.13. The van der Waals surface area contributed by atoms with Gasteiger partial charge in [-0.1, -0.05) is 23.7 Å². The van der Waals surface area contributed by atoms with E-state index in [9.17, 15) is 9.18 Å². The number of fused-ring (bicyclic) bond motifs is 1. The SMILES string of the molecule is O=C(COc1ccc(F)c(Cl)c1)N1CCC[C@H](c2nc3ccccc3s2)C1. The lowest BCUT2D eigenvalue weighted by atomic mass is 9.99. The molecule has 2 aromatic carbocycles. The summed E-state index contributed by atoms with van der Waals surface area (Å²) in [7, 11) is 0. The zero-order valence-electron chi connectivity index (χ0n) is 14.5. The lowest BCUT2D eigenvalue weighted by molar-refractivity contribution is -0.134. The molecule has 27 heavy (non-hydrogen) atoms. The second-order valence-electron chi connectivity index (χ2n) is 6.56. The van der Waals surface area contributed by atoms with E-state index in [0.717, 1.165) is 23.4 Å². The van der Waals surface area contributed by atoms with Crippen molar-refractivity contribution in [3.8, 4) is 5.75 Å². The Bertz CT molecular complexity index is 945. The molecule has 0 spiro atoms. The molecule has 0 unspecified atom stereocenters. The number of thiazole rings is 1. The van der Waals surface area contributed by atoms with Crippen LogP contribution in [-0.4, -0.2) is 35.5 Å². The van der Waals surface area contributed by atoms with Gasteiger partial charge in [0.2, 0.25) is 0 Å². The van der Waals surface area contributed by atoms with E-state index in [1.807, 2.05) is 23.1 Å². The summed E-state index contributed by atoms with van der Waals surface area (Å²) in [5.74, 6) is 0.0427. The molecule has 4 rings (SSSR count). The van der Waals surface area contributed by atoms with Crippen LogP contribution >= 0.6 is 22.9 Å². The molecule has 2 heterocycles. The fraction of sp³-hybridized carbons (Fsp3) is 0.300. The van der Waals surface area contributed by atoms with Crippen molar-refractivity contribution in [1.29, 1.82) is 0 Å². The van der Waals surface area contributed by atoms with Gasteiger partial charge in [-0.05, 0) is 37.1 Å². The Morgan fingerprint density at radius 3 is 3.00 bits per heavy atom. The van der Waals surface area contributed by atoms with E-state index in [4.69, 9.17) is 21.3 Å². The van der Waals surface area contributed by atoms with Crippen molar-refractivity contribution in [2.24, 2.45) is 0 Å². The van der Waals surface area contributed by atoms with Gasteiger partial charge in [-0.25, -0.2) is 9.37 Å². The number of hydrogen-bond donors (Lipinski definition) is 0. The van der Waals surface area contributed by atoms with Crippen LogP contribution < -0.4 is 4.74 Å². The Hall–Kier alpha value is -2.18. The van der Waals surface area contributed by atoms with Gasteiger partial charge in [-0.2, -0.15) is 0 Å². The Morgan fingerprint density at radius 1 is 1.33 bits per heavy atom. The van der Waals surface area contributed by atoms with E-state index < -0.39 is 5.82 Å². The van der Waals surface area contributed by atoms with Gasteiger partial charge in [-0.15, -0.1) is 11.3 Å². The standard InChI is InChI=1S/C20H18ClFN2O2S/c21-15-10-14(7-8-16(15)22)26-12-19(25)24-9-3-4-13(11-24)20-23-17-5-1-2-6-18(17)27-20/h1-2,5-8,10,13H,3-4,9,11-12H2/t13-/m0/s1. The zero-order chi connectivity index (χ0) is 18.8. The molecule has 4 nitrogen and oxygen atoms in total. The summed E-state index contributed by atoms with van der Waals surface area (Å²) in [6, 6.07) is 12.2. The predicted octanol–water partition coefficient (Wildman–Crippen LogP) is 4.87. The number of hydrogen-bond acceptors (Lipinski definition) is 4. The number of carbonyl (C=O) groups excluding carboxylic acids is 1. The number of benzene rings is 2. The summed E-state index contributed by atoms with van der Waals surface area (Å²) < 4.78 is 19.9. The Labute approximate surface area is 165 Å². The third-order valence-corrected chi connectivity index (χ3v) is 6.18. The number of carbonyl (C=O) groups is 1. The smallest absolute Gasteiger partial charge is 0.260 e. The molecule has 0 aliphatic carbocycles. The first-order chi connectivity index (χ1) is 13.1. The minimum absolute atomic E-state index is 0.0196. The van der Waals surface area contributed by atoms with Gasteiger partial charge in [-0.3, -0.25) is 4.79 Å². The second-order valence-corrected chi connectivity index (χ2v) is 8.03. The third-order valence-electron chi connectivity index (χ3n) is 4.69. The van der Waals surface area contributed by atoms with Gasteiger partial charge in [0.05, 0.1) is 20.2 Å². The van der Waals surface area contributed by atoms with Crippen LogP contribution in [0.5, 0.6) is 5.75 Å². The highest BCUT2D eigenvalue weighted by atomic mass is 35.5. The average molecular weight is 405 g/mol. The van der Waals surface area contributed by atoms with Crippen LogP contribution in [0.25, 0.3) is 10.2 Å². The molecule has 0 saturated carbocycles. The van der Waals surface area contributed by atoms with E-state index in [0.29, 0.717) is 18.8 Å². The number of aromatic nitrogens is 1. The Kier molecular flexibility index (Phi) is 5.27. The number of ether oxygens (including phenoxy) is 1. The molecular formula is C20H18ClFN2O2S. The van der Waals surface area contributed by atoms with Crippen molar-refractivity contribution in [2.45, 2.75) is 18.8 Å². The van der Waals surface area contributed by atoms with Crippen molar-refractivity contribution in [3.63, 3.8) is 0 Å². The number of para-hydroxylation sites is 1. The number of piperidine rings is 1. The maximum absolute atomic E-state index is 13.2.